The Balaban J connectivity index is 2.11. The van der Waals surface area contributed by atoms with Crippen LogP contribution in [0.25, 0.3) is 0 Å². The first-order valence-corrected chi connectivity index (χ1v) is 5.39. The van der Waals surface area contributed by atoms with Crippen molar-refractivity contribution in [1.82, 2.24) is 20.5 Å². The first-order valence-electron chi connectivity index (χ1n) is 4.24. The first-order chi connectivity index (χ1) is 6.77. The number of thioether (sulfide) groups is 1. The largest absolute Gasteiger partial charge is 0.475 e. The lowest BCUT2D eigenvalue weighted by atomic mass is 10.3. The van der Waals surface area contributed by atoms with E-state index >= 15 is 0 Å². The molecule has 1 aromatic rings. The van der Waals surface area contributed by atoms with Gasteiger partial charge in [0.1, 0.15) is 5.82 Å². The van der Waals surface area contributed by atoms with Gasteiger partial charge in [0, 0.05) is 18.1 Å². The molecule has 2 heterocycles. The highest BCUT2D eigenvalue weighted by Gasteiger charge is 2.20. The number of carbonyl (C=O) groups is 1. The third-order valence-corrected chi connectivity index (χ3v) is 3.01. The molecule has 0 aromatic carbocycles. The second-order valence-corrected chi connectivity index (χ2v) is 4.08. The molecule has 6 nitrogen and oxygen atoms in total. The van der Waals surface area contributed by atoms with Gasteiger partial charge in [0.2, 0.25) is 0 Å². The molecule has 1 atom stereocenters. The Morgan fingerprint density at radius 3 is 3.07 bits per heavy atom. The molecule has 1 aliphatic rings. The van der Waals surface area contributed by atoms with E-state index in [1.807, 2.05) is 11.8 Å². The van der Waals surface area contributed by atoms with Gasteiger partial charge in [-0.3, -0.25) is 5.10 Å². The van der Waals surface area contributed by atoms with Crippen LogP contribution in [0.5, 0.6) is 0 Å². The van der Waals surface area contributed by atoms with Crippen LogP contribution in [-0.4, -0.2) is 44.3 Å². The highest BCUT2D eigenvalue weighted by Crippen LogP contribution is 2.18. The van der Waals surface area contributed by atoms with Crippen LogP contribution in [0.1, 0.15) is 22.5 Å². The van der Waals surface area contributed by atoms with Crippen LogP contribution in [0, 0.1) is 0 Å². The van der Waals surface area contributed by atoms with Gasteiger partial charge in [-0.15, -0.1) is 5.10 Å². The van der Waals surface area contributed by atoms with Gasteiger partial charge >= 0.3 is 5.97 Å². The van der Waals surface area contributed by atoms with Crippen LogP contribution in [0.15, 0.2) is 0 Å². The lowest BCUT2D eigenvalue weighted by molar-refractivity contribution is 0.0684. The van der Waals surface area contributed by atoms with Gasteiger partial charge in [-0.25, -0.2) is 9.78 Å². The predicted octanol–water partition coefficient (Wildman–Crippen LogP) is -0.120. The van der Waals surface area contributed by atoms with E-state index < -0.39 is 5.97 Å². The van der Waals surface area contributed by atoms with Gasteiger partial charge < -0.3 is 10.4 Å². The standard InChI is InChI=1S/C7H10N4O2S/c12-7(13)6-9-5(10-11-6)4-3-14-2-1-8-4/h4,8H,1-3H2,(H,12,13)(H,9,10,11). The van der Waals surface area contributed by atoms with E-state index in [0.717, 1.165) is 18.1 Å². The number of rotatable bonds is 2. The molecule has 1 aromatic heterocycles. The van der Waals surface area contributed by atoms with Crippen LogP contribution in [0.2, 0.25) is 0 Å². The van der Waals surface area contributed by atoms with Crippen molar-refractivity contribution >= 4 is 17.7 Å². The minimum Gasteiger partial charge on any atom is -0.475 e. The zero-order valence-electron chi connectivity index (χ0n) is 7.36. The van der Waals surface area contributed by atoms with Crippen molar-refractivity contribution in [3.05, 3.63) is 11.6 Å². The molecule has 14 heavy (non-hydrogen) atoms. The minimum absolute atomic E-state index is 0.0920. The zero-order valence-corrected chi connectivity index (χ0v) is 8.17. The third-order valence-electron chi connectivity index (χ3n) is 1.95. The Labute approximate surface area is 84.5 Å². The van der Waals surface area contributed by atoms with Crippen molar-refractivity contribution in [3.63, 3.8) is 0 Å². The number of aromatic carboxylic acids is 1. The second kappa shape index (κ2) is 3.97. The SMILES string of the molecule is O=C(O)c1n[nH]c(C2CSCCN2)n1. The fraction of sp³-hybridized carbons (Fsp3) is 0.571. The summed E-state index contributed by atoms with van der Waals surface area (Å²) in [4.78, 5) is 14.4. The van der Waals surface area contributed by atoms with Gasteiger partial charge in [-0.2, -0.15) is 11.8 Å². The van der Waals surface area contributed by atoms with Crippen LogP contribution < -0.4 is 5.32 Å². The molecule has 0 aliphatic carbocycles. The van der Waals surface area contributed by atoms with E-state index in [0.29, 0.717) is 5.82 Å². The van der Waals surface area contributed by atoms with E-state index in [9.17, 15) is 4.79 Å². The van der Waals surface area contributed by atoms with Crippen molar-refractivity contribution < 1.29 is 9.90 Å². The normalized spacial score (nSPS) is 22.1. The van der Waals surface area contributed by atoms with E-state index in [-0.39, 0.29) is 11.9 Å². The fourth-order valence-corrected chi connectivity index (χ4v) is 2.21. The van der Waals surface area contributed by atoms with E-state index in [1.165, 1.54) is 0 Å². The fourth-order valence-electron chi connectivity index (χ4n) is 1.27. The van der Waals surface area contributed by atoms with Crippen molar-refractivity contribution in [2.24, 2.45) is 0 Å². The summed E-state index contributed by atoms with van der Waals surface area (Å²) < 4.78 is 0. The first kappa shape index (κ1) is 9.47. The number of hydrogen-bond donors (Lipinski definition) is 3. The van der Waals surface area contributed by atoms with Gasteiger partial charge in [-0.1, -0.05) is 0 Å². The molecule has 1 unspecified atom stereocenters. The average Bonchev–Trinajstić information content (AvgIpc) is 2.68. The number of carboxylic acid groups (broad SMARTS) is 1. The molecule has 76 valence electrons. The summed E-state index contributed by atoms with van der Waals surface area (Å²) in [7, 11) is 0. The molecule has 2 rings (SSSR count). The molecular weight excluding hydrogens is 204 g/mol. The number of aromatic amines is 1. The Hall–Kier alpha value is -1.08. The maximum Gasteiger partial charge on any atom is 0.375 e. The number of nitrogens with one attached hydrogen (secondary N) is 2. The molecule has 7 heteroatoms. The molecular formula is C7H10N4O2S. The van der Waals surface area contributed by atoms with Crippen molar-refractivity contribution in [1.29, 1.82) is 0 Å². The molecule has 0 saturated carbocycles. The molecule has 3 N–H and O–H groups in total. The minimum atomic E-state index is -1.10. The van der Waals surface area contributed by atoms with Crippen molar-refractivity contribution in [2.45, 2.75) is 6.04 Å². The van der Waals surface area contributed by atoms with Crippen molar-refractivity contribution in [3.8, 4) is 0 Å². The topological polar surface area (TPSA) is 90.9 Å². The Bertz CT molecular complexity index is 334. The highest BCUT2D eigenvalue weighted by atomic mass is 32.2. The number of nitrogens with zero attached hydrogens (tertiary/aromatic N) is 2. The second-order valence-electron chi connectivity index (χ2n) is 2.93. The summed E-state index contributed by atoms with van der Waals surface area (Å²) in [5.41, 5.74) is 0. The van der Waals surface area contributed by atoms with Crippen LogP contribution in [0.3, 0.4) is 0 Å². The highest BCUT2D eigenvalue weighted by molar-refractivity contribution is 7.99. The van der Waals surface area contributed by atoms with E-state index in [2.05, 4.69) is 20.5 Å². The molecule has 0 bridgehead atoms. The van der Waals surface area contributed by atoms with Crippen LogP contribution in [-0.2, 0) is 0 Å². The maximum atomic E-state index is 10.5. The zero-order chi connectivity index (χ0) is 9.97. The van der Waals surface area contributed by atoms with Gasteiger partial charge in [0.15, 0.2) is 0 Å². The molecule has 1 aliphatic heterocycles. The summed E-state index contributed by atoms with van der Waals surface area (Å²) in [5.74, 6) is 1.31. The average molecular weight is 214 g/mol. The Morgan fingerprint density at radius 1 is 1.64 bits per heavy atom. The summed E-state index contributed by atoms with van der Waals surface area (Å²) in [6, 6.07) is 0.0920. The molecule has 0 spiro atoms. The quantitative estimate of drug-likeness (QED) is 0.636. The summed E-state index contributed by atoms with van der Waals surface area (Å²) >= 11 is 1.82. The molecule has 1 fully saturated rings. The third kappa shape index (κ3) is 1.88. The lowest BCUT2D eigenvalue weighted by Gasteiger charge is -2.20. The van der Waals surface area contributed by atoms with E-state index in [4.69, 9.17) is 5.11 Å². The van der Waals surface area contributed by atoms with Gasteiger partial charge in [0.25, 0.3) is 5.82 Å². The number of aromatic nitrogens is 3. The summed E-state index contributed by atoms with van der Waals surface area (Å²) in [5, 5.41) is 18.1. The van der Waals surface area contributed by atoms with Crippen LogP contribution >= 0.6 is 11.8 Å². The lowest BCUT2D eigenvalue weighted by Crippen LogP contribution is -2.31. The number of hydrogen-bond acceptors (Lipinski definition) is 5. The smallest absolute Gasteiger partial charge is 0.375 e. The molecule has 0 radical (unpaired) electrons. The summed E-state index contributed by atoms with van der Waals surface area (Å²) in [6.07, 6.45) is 0. The predicted molar refractivity (Wildman–Crippen MR) is 51.4 cm³/mol. The summed E-state index contributed by atoms with van der Waals surface area (Å²) in [6.45, 7) is 0.915. The Morgan fingerprint density at radius 2 is 2.50 bits per heavy atom. The Kier molecular flexibility index (Phi) is 2.69. The number of H-pyrrole nitrogens is 1. The maximum absolute atomic E-state index is 10.5. The van der Waals surface area contributed by atoms with Gasteiger partial charge in [-0.05, 0) is 0 Å². The molecule has 0 amide bonds. The van der Waals surface area contributed by atoms with E-state index in [1.54, 1.807) is 0 Å². The van der Waals surface area contributed by atoms with Gasteiger partial charge in [0.05, 0.1) is 6.04 Å². The number of carboxylic acids is 1. The monoisotopic (exact) mass is 214 g/mol. The van der Waals surface area contributed by atoms with Crippen LogP contribution in [0.4, 0.5) is 0 Å². The van der Waals surface area contributed by atoms with Crippen molar-refractivity contribution in [2.75, 3.05) is 18.1 Å². The molecule has 1 saturated heterocycles.